The van der Waals surface area contributed by atoms with E-state index < -0.39 is 18.5 Å². The maximum absolute atomic E-state index is 11.9. The van der Waals surface area contributed by atoms with Crippen molar-refractivity contribution in [3.05, 3.63) is 59.1 Å². The van der Waals surface area contributed by atoms with E-state index in [0.29, 0.717) is 22.2 Å². The molecule has 0 aliphatic rings. The first-order chi connectivity index (χ1) is 12.5. The normalized spacial score (nSPS) is 10.4. The van der Waals surface area contributed by atoms with E-state index >= 15 is 0 Å². The molecule has 0 bridgehead atoms. The Balaban J connectivity index is 1.86. The first kappa shape index (κ1) is 19.3. The monoisotopic (exact) mass is 375 g/mol. The molecule has 0 fully saturated rings. The van der Waals surface area contributed by atoms with Gasteiger partial charge < -0.3 is 19.5 Å². The van der Waals surface area contributed by atoms with E-state index in [-0.39, 0.29) is 0 Å². The molecule has 0 aliphatic carbocycles. The second-order valence-electron chi connectivity index (χ2n) is 5.14. The summed E-state index contributed by atoms with van der Waals surface area (Å²) in [6.45, 7) is -0.413. The van der Waals surface area contributed by atoms with Gasteiger partial charge in [0.2, 0.25) is 0 Å². The van der Waals surface area contributed by atoms with Crippen LogP contribution in [0.3, 0.4) is 0 Å². The number of carbonyl (C=O) groups is 2. The summed E-state index contributed by atoms with van der Waals surface area (Å²) in [6.07, 6.45) is 2.81. The minimum absolute atomic E-state index is 0.413. The molecule has 136 valence electrons. The van der Waals surface area contributed by atoms with Gasteiger partial charge in [-0.15, -0.1) is 0 Å². The summed E-state index contributed by atoms with van der Waals surface area (Å²) in [5.74, 6) is -0.0445. The van der Waals surface area contributed by atoms with Crippen LogP contribution in [-0.4, -0.2) is 32.7 Å². The standard InChI is InChI=1S/C19H18ClNO5/c1-24-16-9-15(10-17(11-16)25-2)21-18(22)12-26-19(23)8-5-13-3-6-14(20)7-4-13/h3-11H,12H2,1-2H3,(H,21,22)/b8-5+. The maximum Gasteiger partial charge on any atom is 0.331 e. The lowest BCUT2D eigenvalue weighted by atomic mass is 10.2. The Bertz CT molecular complexity index is 780. The zero-order chi connectivity index (χ0) is 18.9. The highest BCUT2D eigenvalue weighted by atomic mass is 35.5. The number of benzene rings is 2. The number of anilines is 1. The van der Waals surface area contributed by atoms with Gasteiger partial charge in [0, 0.05) is 35.0 Å². The van der Waals surface area contributed by atoms with Gasteiger partial charge in [0.05, 0.1) is 14.2 Å². The third-order valence-corrected chi connectivity index (χ3v) is 3.51. The number of nitrogens with one attached hydrogen (secondary N) is 1. The number of amides is 1. The molecular formula is C19H18ClNO5. The zero-order valence-corrected chi connectivity index (χ0v) is 15.1. The summed E-state index contributed by atoms with van der Waals surface area (Å²) in [5.41, 5.74) is 1.26. The first-order valence-corrected chi connectivity index (χ1v) is 8.01. The maximum atomic E-state index is 11.9. The largest absolute Gasteiger partial charge is 0.497 e. The van der Waals surface area contributed by atoms with Crippen molar-refractivity contribution in [2.75, 3.05) is 26.1 Å². The summed E-state index contributed by atoms with van der Waals surface area (Å²) in [6, 6.07) is 11.9. The molecule has 0 unspecified atom stereocenters. The fraction of sp³-hybridized carbons (Fsp3) is 0.158. The molecule has 1 amide bonds. The summed E-state index contributed by atoms with van der Waals surface area (Å²) < 4.78 is 15.2. The average Bonchev–Trinajstić information content (AvgIpc) is 2.65. The Morgan fingerprint density at radius 3 is 2.23 bits per heavy atom. The van der Waals surface area contributed by atoms with Crippen molar-refractivity contribution in [3.8, 4) is 11.5 Å². The molecule has 1 N–H and O–H groups in total. The van der Waals surface area contributed by atoms with Crippen molar-refractivity contribution in [2.24, 2.45) is 0 Å². The molecule has 6 nitrogen and oxygen atoms in total. The molecule has 0 heterocycles. The predicted molar refractivity (Wildman–Crippen MR) is 99.6 cm³/mol. The number of esters is 1. The smallest absolute Gasteiger partial charge is 0.331 e. The lowest BCUT2D eigenvalue weighted by Gasteiger charge is -2.09. The second kappa shape index (κ2) is 9.48. The fourth-order valence-corrected chi connectivity index (χ4v) is 2.13. The number of methoxy groups -OCH3 is 2. The molecule has 2 aromatic carbocycles. The van der Waals surface area contributed by atoms with Gasteiger partial charge in [0.15, 0.2) is 6.61 Å². The van der Waals surface area contributed by atoms with E-state index in [4.69, 9.17) is 25.8 Å². The Labute approximate surface area is 156 Å². The van der Waals surface area contributed by atoms with E-state index in [1.807, 2.05) is 0 Å². The van der Waals surface area contributed by atoms with Gasteiger partial charge in [-0.1, -0.05) is 23.7 Å². The number of halogens is 1. The lowest BCUT2D eigenvalue weighted by Crippen LogP contribution is -2.20. The van der Waals surface area contributed by atoms with Crippen LogP contribution in [0.4, 0.5) is 5.69 Å². The predicted octanol–water partition coefficient (Wildman–Crippen LogP) is 3.55. The second-order valence-corrected chi connectivity index (χ2v) is 5.58. The van der Waals surface area contributed by atoms with Crippen molar-refractivity contribution in [1.29, 1.82) is 0 Å². The van der Waals surface area contributed by atoms with E-state index in [0.717, 1.165) is 5.56 Å². The van der Waals surface area contributed by atoms with Gasteiger partial charge in [-0.3, -0.25) is 4.79 Å². The van der Waals surface area contributed by atoms with Gasteiger partial charge in [-0.2, -0.15) is 0 Å². The van der Waals surface area contributed by atoms with Crippen molar-refractivity contribution in [1.82, 2.24) is 0 Å². The van der Waals surface area contributed by atoms with Crippen LogP contribution in [0.1, 0.15) is 5.56 Å². The lowest BCUT2D eigenvalue weighted by molar-refractivity contribution is -0.142. The Kier molecular flexibility index (Phi) is 7.05. The van der Waals surface area contributed by atoms with E-state index in [2.05, 4.69) is 5.32 Å². The summed E-state index contributed by atoms with van der Waals surface area (Å²) in [7, 11) is 3.02. The SMILES string of the molecule is COc1cc(NC(=O)COC(=O)/C=C/c2ccc(Cl)cc2)cc(OC)c1. The topological polar surface area (TPSA) is 73.9 Å². The van der Waals surface area contributed by atoms with Crippen LogP contribution >= 0.6 is 11.6 Å². The van der Waals surface area contributed by atoms with Crippen LogP contribution in [0.5, 0.6) is 11.5 Å². The first-order valence-electron chi connectivity index (χ1n) is 7.63. The highest BCUT2D eigenvalue weighted by Gasteiger charge is 2.08. The molecular weight excluding hydrogens is 358 g/mol. The molecule has 2 aromatic rings. The van der Waals surface area contributed by atoms with E-state index in [1.54, 1.807) is 48.5 Å². The molecule has 0 saturated heterocycles. The van der Waals surface area contributed by atoms with Gasteiger partial charge in [0.25, 0.3) is 5.91 Å². The molecule has 0 spiro atoms. The Morgan fingerprint density at radius 2 is 1.65 bits per heavy atom. The summed E-state index contributed by atoms with van der Waals surface area (Å²) in [5, 5.41) is 3.22. The molecule has 0 aromatic heterocycles. The number of hydrogen-bond acceptors (Lipinski definition) is 5. The molecule has 2 rings (SSSR count). The molecule has 26 heavy (non-hydrogen) atoms. The van der Waals surface area contributed by atoms with Crippen LogP contribution in [-0.2, 0) is 14.3 Å². The van der Waals surface area contributed by atoms with Crippen molar-refractivity contribution < 1.29 is 23.8 Å². The Hall–Kier alpha value is -2.99. The number of ether oxygens (including phenoxy) is 3. The minimum atomic E-state index is -0.627. The van der Waals surface area contributed by atoms with Crippen LogP contribution < -0.4 is 14.8 Å². The Morgan fingerprint density at radius 1 is 1.04 bits per heavy atom. The van der Waals surface area contributed by atoms with Crippen LogP contribution in [0.25, 0.3) is 6.08 Å². The highest BCUT2D eigenvalue weighted by molar-refractivity contribution is 6.30. The zero-order valence-electron chi connectivity index (χ0n) is 14.3. The van der Waals surface area contributed by atoms with Crippen LogP contribution in [0.15, 0.2) is 48.5 Å². The van der Waals surface area contributed by atoms with Crippen molar-refractivity contribution >= 4 is 35.2 Å². The van der Waals surface area contributed by atoms with Crippen LogP contribution in [0, 0.1) is 0 Å². The molecule has 0 aliphatic heterocycles. The van der Waals surface area contributed by atoms with Gasteiger partial charge in [0.1, 0.15) is 11.5 Å². The fourth-order valence-electron chi connectivity index (χ4n) is 2.00. The van der Waals surface area contributed by atoms with Gasteiger partial charge >= 0.3 is 5.97 Å². The third-order valence-electron chi connectivity index (χ3n) is 3.26. The number of hydrogen-bond donors (Lipinski definition) is 1. The van der Waals surface area contributed by atoms with Crippen molar-refractivity contribution in [2.45, 2.75) is 0 Å². The van der Waals surface area contributed by atoms with E-state index in [1.165, 1.54) is 20.3 Å². The average molecular weight is 376 g/mol. The number of rotatable bonds is 7. The van der Waals surface area contributed by atoms with Gasteiger partial charge in [-0.25, -0.2) is 4.79 Å². The highest BCUT2D eigenvalue weighted by Crippen LogP contribution is 2.25. The molecule has 7 heteroatoms. The van der Waals surface area contributed by atoms with Crippen LogP contribution in [0.2, 0.25) is 5.02 Å². The molecule has 0 saturated carbocycles. The quantitative estimate of drug-likeness (QED) is 0.591. The molecule has 0 radical (unpaired) electrons. The third kappa shape index (κ3) is 6.14. The minimum Gasteiger partial charge on any atom is -0.497 e. The number of carbonyl (C=O) groups excluding carboxylic acids is 2. The van der Waals surface area contributed by atoms with Gasteiger partial charge in [-0.05, 0) is 23.8 Å². The molecule has 0 atom stereocenters. The van der Waals surface area contributed by atoms with Crippen molar-refractivity contribution in [3.63, 3.8) is 0 Å². The summed E-state index contributed by atoms with van der Waals surface area (Å²) >= 11 is 5.79. The van der Waals surface area contributed by atoms with E-state index in [9.17, 15) is 9.59 Å². The summed E-state index contributed by atoms with van der Waals surface area (Å²) in [4.78, 5) is 23.6.